The van der Waals surface area contributed by atoms with Crippen LogP contribution in [0, 0.1) is 0 Å². The van der Waals surface area contributed by atoms with Crippen LogP contribution in [-0.4, -0.2) is 0 Å². The molecular weight excluding hydrogens is 286 g/mol. The quantitative estimate of drug-likeness (QED) is 0.718. The van der Waals surface area contributed by atoms with Crippen molar-refractivity contribution in [3.63, 3.8) is 0 Å². The van der Waals surface area contributed by atoms with Gasteiger partial charge in [-0.15, -0.1) is 0 Å². The van der Waals surface area contributed by atoms with Crippen LogP contribution in [0.5, 0.6) is 5.75 Å². The molecule has 0 aliphatic heterocycles. The topological polar surface area (TPSA) is 44.8 Å². The summed E-state index contributed by atoms with van der Waals surface area (Å²) in [6, 6.07) is 5.51. The molecule has 0 aromatic heterocycles. The van der Waals surface area contributed by atoms with Crippen molar-refractivity contribution in [2.45, 2.75) is 26.7 Å². The molecule has 1 aromatic rings. The molecular formula is C10H13Cl2O4P. The van der Waals surface area contributed by atoms with E-state index in [0.29, 0.717) is 12.2 Å². The third-order valence-electron chi connectivity index (χ3n) is 2.29. The van der Waals surface area contributed by atoms with Gasteiger partial charge in [0.2, 0.25) is 0 Å². The van der Waals surface area contributed by atoms with Gasteiger partial charge in [-0.3, -0.25) is 0 Å². The lowest BCUT2D eigenvalue weighted by atomic mass is 10.1. The van der Waals surface area contributed by atoms with E-state index >= 15 is 0 Å². The van der Waals surface area contributed by atoms with E-state index in [4.69, 9.17) is 28.3 Å². The molecule has 0 fully saturated rings. The van der Waals surface area contributed by atoms with Gasteiger partial charge in [0.05, 0.1) is 23.7 Å². The molecule has 0 aliphatic rings. The van der Waals surface area contributed by atoms with E-state index in [-0.39, 0.29) is 0 Å². The maximum absolute atomic E-state index is 11.6. The van der Waals surface area contributed by atoms with Gasteiger partial charge in [0.15, 0.2) is 0 Å². The Labute approximate surface area is 111 Å². The number of benzene rings is 1. The van der Waals surface area contributed by atoms with Crippen LogP contribution in [-0.2, 0) is 25.6 Å². The average Bonchev–Trinajstić information content (AvgIpc) is 2.39. The zero-order valence-corrected chi connectivity index (χ0v) is 11.9. The molecule has 0 atom stereocenters. The van der Waals surface area contributed by atoms with Gasteiger partial charge in [-0.25, -0.2) is 4.57 Å². The van der Waals surface area contributed by atoms with Crippen molar-refractivity contribution in [3.8, 4) is 5.75 Å². The number of aryl methyl sites for hydroxylation is 2. The Balaban J connectivity index is 3.02. The first-order chi connectivity index (χ1) is 8.08. The van der Waals surface area contributed by atoms with Crippen molar-refractivity contribution >= 4 is 31.6 Å². The molecule has 0 saturated heterocycles. The fraction of sp³-hybridized carbons (Fsp3) is 0.400. The summed E-state index contributed by atoms with van der Waals surface area (Å²) in [6.07, 6.45) is 1.62. The van der Waals surface area contributed by atoms with E-state index in [1.54, 1.807) is 6.07 Å². The molecule has 7 heteroatoms. The first-order valence-electron chi connectivity index (χ1n) is 5.10. The van der Waals surface area contributed by atoms with Crippen LogP contribution in [0.15, 0.2) is 18.2 Å². The lowest BCUT2D eigenvalue weighted by Gasteiger charge is -2.14. The van der Waals surface area contributed by atoms with Crippen LogP contribution in [0.1, 0.15) is 25.0 Å². The fourth-order valence-electron chi connectivity index (χ4n) is 1.38. The van der Waals surface area contributed by atoms with Gasteiger partial charge in [-0.1, -0.05) is 26.0 Å². The Hall–Kier alpha value is -0.250. The Morgan fingerprint density at radius 2 is 1.82 bits per heavy atom. The predicted octanol–water partition coefficient (Wildman–Crippen LogP) is 4.64. The second-order valence-corrected chi connectivity index (χ2v) is 5.51. The third-order valence-corrected chi connectivity index (χ3v) is 4.07. The zero-order valence-electron chi connectivity index (χ0n) is 9.48. The first kappa shape index (κ1) is 14.8. The summed E-state index contributed by atoms with van der Waals surface area (Å²) < 4.78 is 24.9. The molecule has 17 heavy (non-hydrogen) atoms. The average molecular weight is 299 g/mol. The van der Waals surface area contributed by atoms with E-state index in [9.17, 15) is 4.57 Å². The number of halogens is 2. The van der Waals surface area contributed by atoms with Crippen molar-refractivity contribution in [1.29, 1.82) is 0 Å². The molecule has 0 aliphatic carbocycles. The van der Waals surface area contributed by atoms with Crippen molar-refractivity contribution in [1.82, 2.24) is 0 Å². The van der Waals surface area contributed by atoms with Gasteiger partial charge < -0.3 is 4.52 Å². The van der Waals surface area contributed by atoms with Gasteiger partial charge in [0, 0.05) is 0 Å². The summed E-state index contributed by atoms with van der Waals surface area (Å²) in [5, 5.41) is 0. The molecule has 96 valence electrons. The summed E-state index contributed by atoms with van der Waals surface area (Å²) in [6.45, 7) is 4.00. The maximum atomic E-state index is 11.6. The normalized spacial score (nSPS) is 11.5. The summed E-state index contributed by atoms with van der Waals surface area (Å²) in [7, 11) is -3.94. The van der Waals surface area contributed by atoms with E-state index < -0.39 is 7.82 Å². The highest BCUT2D eigenvalue weighted by Gasteiger charge is 2.29. The van der Waals surface area contributed by atoms with E-state index in [1.165, 1.54) is 0 Å². The largest absolute Gasteiger partial charge is 0.563 e. The van der Waals surface area contributed by atoms with Crippen LogP contribution in [0.3, 0.4) is 0 Å². The minimum absolute atomic E-state index is 0.384. The number of hydrogen-bond acceptors (Lipinski definition) is 4. The Morgan fingerprint density at radius 3 is 2.29 bits per heavy atom. The molecule has 1 aromatic carbocycles. The first-order valence-corrected chi connectivity index (χ1v) is 7.18. The lowest BCUT2D eigenvalue weighted by molar-refractivity contribution is 0.317. The third kappa shape index (κ3) is 3.87. The van der Waals surface area contributed by atoms with Crippen LogP contribution in [0.2, 0.25) is 0 Å². The van der Waals surface area contributed by atoms with Crippen molar-refractivity contribution in [2.24, 2.45) is 0 Å². The standard InChI is InChI=1S/C10H13Cl2O4P/c1-3-8-5-6-10(9(4-2)7-8)14-17(13,15-11)16-12/h5-7H,3-4H2,1-2H3. The van der Waals surface area contributed by atoms with Crippen LogP contribution in [0.4, 0.5) is 0 Å². The molecule has 0 radical (unpaired) electrons. The minimum atomic E-state index is -3.94. The van der Waals surface area contributed by atoms with Crippen LogP contribution >= 0.6 is 31.6 Å². The number of rotatable bonds is 6. The molecule has 0 spiro atoms. The molecule has 0 bridgehead atoms. The summed E-state index contributed by atoms with van der Waals surface area (Å²) >= 11 is 10.0. The highest BCUT2D eigenvalue weighted by molar-refractivity contribution is 7.50. The van der Waals surface area contributed by atoms with Crippen LogP contribution < -0.4 is 4.52 Å². The Bertz CT molecular complexity index is 417. The second-order valence-electron chi connectivity index (χ2n) is 3.33. The van der Waals surface area contributed by atoms with Gasteiger partial charge in [0.1, 0.15) is 5.75 Å². The molecule has 4 nitrogen and oxygen atoms in total. The molecule has 0 saturated carbocycles. The van der Waals surface area contributed by atoms with E-state index in [0.717, 1.165) is 17.5 Å². The fourth-order valence-corrected chi connectivity index (χ4v) is 2.30. The molecule has 0 amide bonds. The summed E-state index contributed by atoms with van der Waals surface area (Å²) in [4.78, 5) is 0. The van der Waals surface area contributed by atoms with Crippen molar-refractivity contribution < 1.29 is 17.2 Å². The van der Waals surface area contributed by atoms with E-state index in [1.807, 2.05) is 26.0 Å². The summed E-state index contributed by atoms with van der Waals surface area (Å²) in [5.41, 5.74) is 2.04. The van der Waals surface area contributed by atoms with Crippen LogP contribution in [0.25, 0.3) is 0 Å². The lowest BCUT2D eigenvalue weighted by Crippen LogP contribution is -1.97. The summed E-state index contributed by atoms with van der Waals surface area (Å²) in [5.74, 6) is 0.384. The van der Waals surface area contributed by atoms with Gasteiger partial charge in [0.25, 0.3) is 0 Å². The Morgan fingerprint density at radius 1 is 1.18 bits per heavy atom. The van der Waals surface area contributed by atoms with Gasteiger partial charge >= 0.3 is 7.82 Å². The molecule has 0 heterocycles. The number of hydrogen-bond donors (Lipinski definition) is 0. The van der Waals surface area contributed by atoms with Gasteiger partial charge in [-0.2, -0.15) is 8.15 Å². The van der Waals surface area contributed by atoms with E-state index in [2.05, 4.69) is 8.15 Å². The SMILES string of the molecule is CCc1ccc(OP(=O)(OCl)OCl)c(CC)c1. The monoisotopic (exact) mass is 298 g/mol. The van der Waals surface area contributed by atoms with Crippen molar-refractivity contribution in [3.05, 3.63) is 29.3 Å². The predicted molar refractivity (Wildman–Crippen MR) is 67.3 cm³/mol. The van der Waals surface area contributed by atoms with Gasteiger partial charge in [-0.05, 0) is 30.0 Å². The molecule has 0 N–H and O–H groups in total. The smallest absolute Gasteiger partial charge is 0.402 e. The molecule has 0 unspecified atom stereocenters. The maximum Gasteiger partial charge on any atom is 0.563 e. The molecule has 1 rings (SSSR count). The highest BCUT2D eigenvalue weighted by Crippen LogP contribution is 2.52. The second kappa shape index (κ2) is 6.62. The highest BCUT2D eigenvalue weighted by atomic mass is 35.5. The Kier molecular flexibility index (Phi) is 5.77. The zero-order chi connectivity index (χ0) is 12.9. The van der Waals surface area contributed by atoms with Crippen molar-refractivity contribution in [2.75, 3.05) is 0 Å². The minimum Gasteiger partial charge on any atom is -0.402 e. The number of phosphoric acid groups is 1.